The van der Waals surface area contributed by atoms with Gasteiger partial charge in [0.1, 0.15) is 11.5 Å². The van der Waals surface area contributed by atoms with Crippen LogP contribution in [-0.2, 0) is 30.5 Å². The summed E-state index contributed by atoms with van der Waals surface area (Å²) in [6.07, 6.45) is 17.0. The van der Waals surface area contributed by atoms with Crippen molar-refractivity contribution in [2.45, 2.75) is 83.0 Å². The highest BCUT2D eigenvalue weighted by molar-refractivity contribution is 5.37. The SMILES string of the molecule is CCN(Cc1ccc(CCN2C3CCC2CC3)cc1)C1C=C(OC)C=CC1[C@@H]1CCc2cc(O)ccc2C1. The van der Waals surface area contributed by atoms with Gasteiger partial charge in [-0.1, -0.05) is 43.3 Å². The molecule has 2 aliphatic heterocycles. The van der Waals surface area contributed by atoms with E-state index in [0.29, 0.717) is 23.6 Å². The number of aromatic hydroxyl groups is 1. The molecule has 1 N–H and O–H groups in total. The molecule has 0 spiro atoms. The normalized spacial score (nSPS) is 28.5. The van der Waals surface area contributed by atoms with E-state index in [1.54, 1.807) is 7.11 Å². The Morgan fingerprint density at radius 3 is 2.39 bits per heavy atom. The molecule has 2 aromatic rings. The molecule has 4 heteroatoms. The number of hydrogen-bond donors (Lipinski definition) is 1. The maximum atomic E-state index is 9.92. The van der Waals surface area contributed by atoms with Crippen molar-refractivity contribution in [2.75, 3.05) is 20.2 Å². The van der Waals surface area contributed by atoms with Crippen LogP contribution >= 0.6 is 0 Å². The van der Waals surface area contributed by atoms with Crippen LogP contribution in [0.4, 0.5) is 0 Å². The molecular formula is C34H44N2O2. The van der Waals surface area contributed by atoms with Gasteiger partial charge in [0.2, 0.25) is 0 Å². The molecule has 0 aromatic heterocycles. The molecule has 2 heterocycles. The summed E-state index contributed by atoms with van der Waals surface area (Å²) in [4.78, 5) is 5.41. The highest BCUT2D eigenvalue weighted by Gasteiger charge is 2.38. The molecule has 2 saturated heterocycles. The largest absolute Gasteiger partial charge is 0.508 e. The van der Waals surface area contributed by atoms with Crippen LogP contribution in [0.25, 0.3) is 0 Å². The summed E-state index contributed by atoms with van der Waals surface area (Å²) in [6.45, 7) is 5.46. The first-order valence-electron chi connectivity index (χ1n) is 14.9. The van der Waals surface area contributed by atoms with E-state index in [1.807, 2.05) is 12.1 Å². The zero-order valence-corrected chi connectivity index (χ0v) is 23.2. The molecule has 0 radical (unpaired) electrons. The zero-order valence-electron chi connectivity index (χ0n) is 23.2. The summed E-state index contributed by atoms with van der Waals surface area (Å²) >= 11 is 0. The van der Waals surface area contributed by atoms with E-state index in [2.05, 4.69) is 65.3 Å². The van der Waals surface area contributed by atoms with E-state index in [4.69, 9.17) is 4.74 Å². The molecule has 2 fully saturated rings. The maximum Gasteiger partial charge on any atom is 0.116 e. The quantitative estimate of drug-likeness (QED) is 0.429. The molecule has 2 aromatic carbocycles. The minimum atomic E-state index is 0.314. The zero-order chi connectivity index (χ0) is 26.1. The molecule has 4 nitrogen and oxygen atoms in total. The molecule has 202 valence electrons. The Balaban J connectivity index is 1.13. The summed E-state index contributed by atoms with van der Waals surface area (Å²) in [5.74, 6) is 2.39. The summed E-state index contributed by atoms with van der Waals surface area (Å²) in [6, 6.07) is 17.4. The first kappa shape index (κ1) is 25.7. The van der Waals surface area contributed by atoms with Crippen LogP contribution < -0.4 is 0 Å². The third kappa shape index (κ3) is 5.31. The number of likely N-dealkylation sites (N-methyl/N-ethyl adjacent to an activating group) is 1. The van der Waals surface area contributed by atoms with Gasteiger partial charge in [-0.05, 0) is 116 Å². The second-order valence-corrected chi connectivity index (χ2v) is 12.0. The van der Waals surface area contributed by atoms with Gasteiger partial charge in [0.05, 0.1) is 7.11 Å². The average Bonchev–Trinajstić information content (AvgIpc) is 3.54. The van der Waals surface area contributed by atoms with Gasteiger partial charge in [0.15, 0.2) is 0 Å². The lowest BCUT2D eigenvalue weighted by atomic mass is 9.72. The molecule has 0 amide bonds. The Morgan fingerprint density at radius 1 is 0.947 bits per heavy atom. The summed E-state index contributed by atoms with van der Waals surface area (Å²) in [5.41, 5.74) is 5.57. The Bertz CT molecular complexity index is 1150. The monoisotopic (exact) mass is 512 g/mol. The van der Waals surface area contributed by atoms with E-state index in [0.717, 1.165) is 50.2 Å². The Hall–Kier alpha value is -2.56. The second-order valence-electron chi connectivity index (χ2n) is 12.0. The Kier molecular flexibility index (Phi) is 7.63. The number of phenolic OH excluding ortho intramolecular Hbond substituents is 1. The Morgan fingerprint density at radius 2 is 1.68 bits per heavy atom. The topological polar surface area (TPSA) is 35.9 Å². The average molecular weight is 513 g/mol. The number of allylic oxidation sites excluding steroid dienone is 1. The van der Waals surface area contributed by atoms with E-state index in [9.17, 15) is 5.11 Å². The van der Waals surface area contributed by atoms with Gasteiger partial charge < -0.3 is 9.84 Å². The van der Waals surface area contributed by atoms with Crippen LogP contribution in [0, 0.1) is 11.8 Å². The van der Waals surface area contributed by atoms with Crippen LogP contribution in [0.5, 0.6) is 5.75 Å². The molecule has 2 unspecified atom stereocenters. The van der Waals surface area contributed by atoms with E-state index in [1.165, 1.54) is 60.9 Å². The smallest absolute Gasteiger partial charge is 0.116 e. The highest BCUT2D eigenvalue weighted by Crippen LogP contribution is 2.39. The minimum absolute atomic E-state index is 0.314. The molecule has 6 rings (SSSR count). The first-order valence-corrected chi connectivity index (χ1v) is 14.9. The Labute approximate surface area is 229 Å². The lowest BCUT2D eigenvalue weighted by Crippen LogP contribution is -2.43. The molecule has 0 saturated carbocycles. The third-order valence-corrected chi connectivity index (χ3v) is 9.95. The van der Waals surface area contributed by atoms with E-state index < -0.39 is 0 Å². The predicted molar refractivity (Wildman–Crippen MR) is 154 cm³/mol. The van der Waals surface area contributed by atoms with Gasteiger partial charge in [-0.3, -0.25) is 9.80 Å². The molecule has 3 atom stereocenters. The minimum Gasteiger partial charge on any atom is -0.508 e. The van der Waals surface area contributed by atoms with Crippen molar-refractivity contribution in [3.05, 3.63) is 88.7 Å². The molecule has 4 aliphatic rings. The lowest BCUT2D eigenvalue weighted by molar-refractivity contribution is 0.147. The van der Waals surface area contributed by atoms with Gasteiger partial charge in [-0.2, -0.15) is 0 Å². The maximum absolute atomic E-state index is 9.92. The van der Waals surface area contributed by atoms with Crippen LogP contribution in [0.3, 0.4) is 0 Å². The number of hydrogen-bond acceptors (Lipinski definition) is 4. The molecule has 38 heavy (non-hydrogen) atoms. The lowest BCUT2D eigenvalue weighted by Gasteiger charge is -2.41. The van der Waals surface area contributed by atoms with Crippen LogP contribution in [0.1, 0.15) is 61.3 Å². The summed E-state index contributed by atoms with van der Waals surface area (Å²) in [7, 11) is 1.78. The number of fused-ring (bicyclic) bond motifs is 3. The molecule has 2 bridgehead atoms. The van der Waals surface area contributed by atoms with Gasteiger partial charge in [-0.15, -0.1) is 0 Å². The van der Waals surface area contributed by atoms with E-state index >= 15 is 0 Å². The van der Waals surface area contributed by atoms with Crippen molar-refractivity contribution in [3.8, 4) is 5.75 Å². The van der Waals surface area contributed by atoms with E-state index in [-0.39, 0.29) is 0 Å². The third-order valence-electron chi connectivity index (χ3n) is 9.95. The van der Waals surface area contributed by atoms with Crippen LogP contribution in [0.2, 0.25) is 0 Å². The molecular weight excluding hydrogens is 468 g/mol. The number of rotatable bonds is 9. The van der Waals surface area contributed by atoms with Gasteiger partial charge in [0.25, 0.3) is 0 Å². The highest BCUT2D eigenvalue weighted by atomic mass is 16.5. The fourth-order valence-corrected chi connectivity index (χ4v) is 7.79. The van der Waals surface area contributed by atoms with Crippen molar-refractivity contribution in [1.29, 1.82) is 0 Å². The fraction of sp³-hybridized carbons (Fsp3) is 0.529. The van der Waals surface area contributed by atoms with Crippen molar-refractivity contribution >= 4 is 0 Å². The number of nitrogens with zero attached hydrogens (tertiary/aromatic N) is 2. The van der Waals surface area contributed by atoms with Crippen molar-refractivity contribution < 1.29 is 9.84 Å². The van der Waals surface area contributed by atoms with Crippen molar-refractivity contribution in [3.63, 3.8) is 0 Å². The van der Waals surface area contributed by atoms with Crippen molar-refractivity contribution in [2.24, 2.45) is 11.8 Å². The summed E-state index contributed by atoms with van der Waals surface area (Å²) in [5, 5.41) is 9.92. The number of benzene rings is 2. The van der Waals surface area contributed by atoms with Gasteiger partial charge in [0, 0.05) is 31.2 Å². The number of methoxy groups -OCH3 is 1. The predicted octanol–water partition coefficient (Wildman–Crippen LogP) is 6.27. The van der Waals surface area contributed by atoms with Gasteiger partial charge >= 0.3 is 0 Å². The second kappa shape index (κ2) is 11.3. The number of phenols is 1. The number of ether oxygens (including phenoxy) is 1. The molecule has 2 aliphatic carbocycles. The fourth-order valence-electron chi connectivity index (χ4n) is 7.79. The van der Waals surface area contributed by atoms with Crippen molar-refractivity contribution in [1.82, 2.24) is 9.80 Å². The van der Waals surface area contributed by atoms with Gasteiger partial charge in [-0.25, -0.2) is 0 Å². The first-order chi connectivity index (χ1) is 18.6. The van der Waals surface area contributed by atoms with Crippen LogP contribution in [-0.4, -0.2) is 53.2 Å². The standard InChI is InChI=1S/C34H44N2O2/c1-3-35(23-25-6-4-24(5-7-25)18-19-36-29-11-12-30(36)14-13-29)34-22-32(38-2)16-17-33(34)28-9-8-27-21-31(37)15-10-26(27)20-28/h4-7,10,15-17,21-22,28-30,33-34,37H,3,8-9,11-14,18-20,23H2,1-2H3/t28-,29?,30?,33?,34?/m1/s1. The number of aryl methyl sites for hydroxylation is 1. The van der Waals surface area contributed by atoms with Crippen LogP contribution in [0.15, 0.2) is 66.5 Å². The summed E-state index contributed by atoms with van der Waals surface area (Å²) < 4.78 is 5.69.